The average Bonchev–Trinajstić information content (AvgIpc) is 2.70. The highest BCUT2D eigenvalue weighted by atomic mass is 32.2. The molecule has 0 aliphatic heterocycles. The van der Waals surface area contributed by atoms with Gasteiger partial charge in [-0.05, 0) is 6.92 Å². The van der Waals surface area contributed by atoms with E-state index in [-0.39, 0.29) is 5.75 Å². The van der Waals surface area contributed by atoms with Gasteiger partial charge < -0.3 is 5.32 Å². The molecule has 0 spiro atoms. The molecule has 0 atom stereocenters. The number of nitrogens with zero attached hydrogens (tertiary/aromatic N) is 4. The summed E-state index contributed by atoms with van der Waals surface area (Å²) in [6, 6.07) is 0. The number of aryl methyl sites for hydroxylation is 1. The van der Waals surface area contributed by atoms with Crippen LogP contribution in [0.5, 0.6) is 0 Å². The van der Waals surface area contributed by atoms with Crippen molar-refractivity contribution in [3.63, 3.8) is 0 Å². The van der Waals surface area contributed by atoms with Gasteiger partial charge in [-0.1, -0.05) is 0 Å². The molecule has 2 aromatic heterocycles. The van der Waals surface area contributed by atoms with E-state index in [9.17, 15) is 8.42 Å². The summed E-state index contributed by atoms with van der Waals surface area (Å²) in [6.45, 7) is 3.02. The Balaban J connectivity index is 2.33. The lowest BCUT2D eigenvalue weighted by Gasteiger charge is -2.04. The zero-order chi connectivity index (χ0) is 13.2. The van der Waals surface area contributed by atoms with E-state index in [1.54, 1.807) is 10.9 Å². The third kappa shape index (κ3) is 2.76. The number of fused-ring (bicyclic) bond motifs is 1. The molecule has 0 saturated heterocycles. The first-order chi connectivity index (χ1) is 8.51. The molecule has 0 amide bonds. The zero-order valence-electron chi connectivity index (χ0n) is 10.3. The molecule has 8 heteroatoms. The van der Waals surface area contributed by atoms with Crippen molar-refractivity contribution in [2.24, 2.45) is 0 Å². The highest BCUT2D eigenvalue weighted by Crippen LogP contribution is 2.18. The molecule has 7 nitrogen and oxygen atoms in total. The molecular weight excluding hydrogens is 254 g/mol. The van der Waals surface area contributed by atoms with Gasteiger partial charge in [-0.2, -0.15) is 5.10 Å². The van der Waals surface area contributed by atoms with Gasteiger partial charge in [-0.15, -0.1) is 0 Å². The molecule has 0 aromatic carbocycles. The lowest BCUT2D eigenvalue weighted by atomic mass is 10.4. The minimum absolute atomic E-state index is 0.0460. The summed E-state index contributed by atoms with van der Waals surface area (Å²) in [5, 5.41) is 8.06. The van der Waals surface area contributed by atoms with E-state index in [1.165, 1.54) is 12.6 Å². The molecule has 0 bridgehead atoms. The summed E-state index contributed by atoms with van der Waals surface area (Å²) < 4.78 is 23.9. The van der Waals surface area contributed by atoms with Crippen LogP contribution in [0.1, 0.15) is 6.92 Å². The Morgan fingerprint density at radius 3 is 2.83 bits per heavy atom. The Hall–Kier alpha value is -1.70. The number of hydrogen-bond acceptors (Lipinski definition) is 6. The molecule has 0 fully saturated rings. The largest absolute Gasteiger partial charge is 0.370 e. The van der Waals surface area contributed by atoms with Crippen molar-refractivity contribution in [1.29, 1.82) is 0 Å². The molecule has 2 rings (SSSR count). The maximum Gasteiger partial charge on any atom is 0.163 e. The number of nitrogens with one attached hydrogen (secondary N) is 1. The lowest BCUT2D eigenvalue weighted by Crippen LogP contribution is -2.12. The van der Waals surface area contributed by atoms with Gasteiger partial charge >= 0.3 is 0 Å². The number of sulfone groups is 1. The summed E-state index contributed by atoms with van der Waals surface area (Å²) in [7, 11) is -3.01. The first kappa shape index (κ1) is 12.7. The van der Waals surface area contributed by atoms with Crippen LogP contribution in [0, 0.1) is 0 Å². The minimum atomic E-state index is -3.01. The van der Waals surface area contributed by atoms with Crippen LogP contribution in [0.3, 0.4) is 0 Å². The summed E-state index contributed by atoms with van der Waals surface area (Å²) in [4.78, 5) is 8.26. The van der Waals surface area contributed by atoms with E-state index in [0.29, 0.717) is 18.0 Å². The second kappa shape index (κ2) is 4.89. The standard InChI is InChI=1S/C10H15N5O2S/c1-3-11-9-8-6-14-15(4-5-18(2,16)17)10(8)13-7-12-9/h6-7H,3-5H2,1-2H3,(H,11,12,13). The van der Waals surface area contributed by atoms with E-state index >= 15 is 0 Å². The third-order valence-electron chi connectivity index (χ3n) is 2.45. The van der Waals surface area contributed by atoms with Gasteiger partial charge in [0.15, 0.2) is 5.65 Å². The summed E-state index contributed by atoms with van der Waals surface area (Å²) in [6.07, 6.45) is 4.30. The molecule has 2 heterocycles. The second-order valence-electron chi connectivity index (χ2n) is 3.99. The molecule has 0 radical (unpaired) electrons. The van der Waals surface area contributed by atoms with Gasteiger partial charge in [0, 0.05) is 12.8 Å². The average molecular weight is 269 g/mol. The predicted octanol–water partition coefficient (Wildman–Crippen LogP) is 0.303. The number of rotatable bonds is 5. The van der Waals surface area contributed by atoms with Gasteiger partial charge in [0.25, 0.3) is 0 Å². The van der Waals surface area contributed by atoms with Crippen LogP contribution in [0.25, 0.3) is 11.0 Å². The summed E-state index contributed by atoms with van der Waals surface area (Å²) >= 11 is 0. The topological polar surface area (TPSA) is 89.8 Å². The molecule has 1 N–H and O–H groups in total. The van der Waals surface area contributed by atoms with Crippen LogP contribution in [-0.2, 0) is 16.4 Å². The third-order valence-corrected chi connectivity index (χ3v) is 3.38. The Morgan fingerprint density at radius 1 is 1.39 bits per heavy atom. The smallest absolute Gasteiger partial charge is 0.163 e. The Morgan fingerprint density at radius 2 is 2.17 bits per heavy atom. The fourth-order valence-corrected chi connectivity index (χ4v) is 2.12. The van der Waals surface area contributed by atoms with Crippen molar-refractivity contribution in [3.8, 4) is 0 Å². The van der Waals surface area contributed by atoms with E-state index in [2.05, 4.69) is 20.4 Å². The maximum atomic E-state index is 11.1. The molecule has 0 aliphatic carbocycles. The van der Waals surface area contributed by atoms with Crippen LogP contribution in [0.2, 0.25) is 0 Å². The first-order valence-corrected chi connectivity index (χ1v) is 7.65. The SMILES string of the molecule is CCNc1ncnc2c1cnn2CCS(C)(=O)=O. The fourth-order valence-electron chi connectivity index (χ4n) is 1.62. The Labute approximate surface area is 105 Å². The van der Waals surface area contributed by atoms with Gasteiger partial charge in [0.2, 0.25) is 0 Å². The van der Waals surface area contributed by atoms with Crippen LogP contribution in [-0.4, -0.2) is 46.7 Å². The van der Waals surface area contributed by atoms with Gasteiger partial charge in [-0.3, -0.25) is 0 Å². The molecule has 0 unspecified atom stereocenters. The van der Waals surface area contributed by atoms with E-state index in [0.717, 1.165) is 11.9 Å². The normalized spacial score (nSPS) is 11.9. The van der Waals surface area contributed by atoms with Crippen molar-refractivity contribution in [2.45, 2.75) is 13.5 Å². The van der Waals surface area contributed by atoms with E-state index in [1.807, 2.05) is 6.92 Å². The Bertz CT molecular complexity index is 649. The van der Waals surface area contributed by atoms with Crippen LogP contribution < -0.4 is 5.32 Å². The molecule has 0 aliphatic rings. The van der Waals surface area contributed by atoms with Crippen LogP contribution in [0.4, 0.5) is 5.82 Å². The molecule has 2 aromatic rings. The zero-order valence-corrected chi connectivity index (χ0v) is 11.1. The number of anilines is 1. The minimum Gasteiger partial charge on any atom is -0.370 e. The van der Waals surface area contributed by atoms with Gasteiger partial charge in [0.1, 0.15) is 22.0 Å². The first-order valence-electron chi connectivity index (χ1n) is 5.59. The number of aromatic nitrogens is 4. The number of hydrogen-bond donors (Lipinski definition) is 1. The fraction of sp³-hybridized carbons (Fsp3) is 0.500. The summed E-state index contributed by atoms with van der Waals surface area (Å²) in [5.74, 6) is 0.762. The Kier molecular flexibility index (Phi) is 3.46. The van der Waals surface area contributed by atoms with Crippen molar-refractivity contribution < 1.29 is 8.42 Å². The summed E-state index contributed by atoms with van der Waals surface area (Å²) in [5.41, 5.74) is 0.643. The van der Waals surface area contributed by atoms with Crippen molar-refractivity contribution in [2.75, 3.05) is 23.9 Å². The molecule has 18 heavy (non-hydrogen) atoms. The van der Waals surface area contributed by atoms with Crippen molar-refractivity contribution in [1.82, 2.24) is 19.7 Å². The van der Waals surface area contributed by atoms with Crippen molar-refractivity contribution in [3.05, 3.63) is 12.5 Å². The quantitative estimate of drug-likeness (QED) is 0.839. The highest BCUT2D eigenvalue weighted by molar-refractivity contribution is 7.90. The van der Waals surface area contributed by atoms with Crippen LogP contribution in [0.15, 0.2) is 12.5 Å². The van der Waals surface area contributed by atoms with E-state index < -0.39 is 9.84 Å². The molecule has 98 valence electrons. The van der Waals surface area contributed by atoms with E-state index in [4.69, 9.17) is 0 Å². The predicted molar refractivity (Wildman–Crippen MR) is 69.2 cm³/mol. The van der Waals surface area contributed by atoms with Crippen LogP contribution >= 0.6 is 0 Å². The maximum absolute atomic E-state index is 11.1. The monoisotopic (exact) mass is 269 g/mol. The molecular formula is C10H15N5O2S. The van der Waals surface area contributed by atoms with Gasteiger partial charge in [-0.25, -0.2) is 23.1 Å². The van der Waals surface area contributed by atoms with Gasteiger partial charge in [0.05, 0.1) is 23.9 Å². The molecule has 0 saturated carbocycles. The van der Waals surface area contributed by atoms with Crippen molar-refractivity contribution >= 4 is 26.7 Å². The highest BCUT2D eigenvalue weighted by Gasteiger charge is 2.10. The lowest BCUT2D eigenvalue weighted by molar-refractivity contribution is 0.588. The second-order valence-corrected chi connectivity index (χ2v) is 6.25.